The Balaban J connectivity index is 2.58. The molecule has 78 valence electrons. The summed E-state index contributed by atoms with van der Waals surface area (Å²) in [7, 11) is 0. The summed E-state index contributed by atoms with van der Waals surface area (Å²) in [6.45, 7) is 1.88. The minimum Gasteiger partial charge on any atom is -0.392 e. The van der Waals surface area contributed by atoms with Gasteiger partial charge in [0.2, 0.25) is 0 Å². The fraction of sp³-hybridized carbons (Fsp3) is 0.182. The highest BCUT2D eigenvalue weighted by Crippen LogP contribution is 2.20. The van der Waals surface area contributed by atoms with Crippen molar-refractivity contribution in [2.75, 3.05) is 0 Å². The molecule has 2 aromatic rings. The van der Waals surface area contributed by atoms with E-state index in [0.717, 1.165) is 17.1 Å². The topological polar surface area (TPSA) is 38.0 Å². The van der Waals surface area contributed by atoms with Gasteiger partial charge < -0.3 is 9.67 Å². The van der Waals surface area contributed by atoms with Crippen molar-refractivity contribution in [3.63, 3.8) is 0 Å². The van der Waals surface area contributed by atoms with Crippen molar-refractivity contribution in [2.24, 2.45) is 0 Å². The molecular formula is C11H11ClN2O. The summed E-state index contributed by atoms with van der Waals surface area (Å²) in [5, 5.41) is 9.87. The van der Waals surface area contributed by atoms with Crippen LogP contribution in [-0.2, 0) is 6.61 Å². The largest absolute Gasteiger partial charge is 0.392 e. The fourth-order valence-corrected chi connectivity index (χ4v) is 1.74. The van der Waals surface area contributed by atoms with Gasteiger partial charge in [-0.2, -0.15) is 0 Å². The number of benzene rings is 1. The molecule has 0 aliphatic heterocycles. The molecule has 0 saturated carbocycles. The van der Waals surface area contributed by atoms with E-state index in [0.29, 0.717) is 5.02 Å². The number of rotatable bonds is 2. The van der Waals surface area contributed by atoms with E-state index >= 15 is 0 Å². The van der Waals surface area contributed by atoms with E-state index in [1.165, 1.54) is 0 Å². The first kappa shape index (κ1) is 10.2. The van der Waals surface area contributed by atoms with Crippen LogP contribution < -0.4 is 0 Å². The molecule has 1 N–H and O–H groups in total. The first-order chi connectivity index (χ1) is 7.22. The minimum absolute atomic E-state index is 0.0342. The van der Waals surface area contributed by atoms with Crippen LogP contribution in [0.5, 0.6) is 0 Å². The standard InChI is InChI=1S/C11H11ClN2O/c1-8-13-4-5-14(8)11-3-2-10(12)6-9(11)7-15/h2-6,15H,7H2,1H3. The van der Waals surface area contributed by atoms with E-state index in [-0.39, 0.29) is 6.61 Å². The molecule has 4 heteroatoms. The summed E-state index contributed by atoms with van der Waals surface area (Å²) in [6, 6.07) is 5.44. The number of imidazole rings is 1. The molecule has 0 saturated heterocycles. The second kappa shape index (κ2) is 4.04. The number of aliphatic hydroxyl groups is 1. The van der Waals surface area contributed by atoms with Crippen molar-refractivity contribution in [3.05, 3.63) is 47.0 Å². The second-order valence-electron chi connectivity index (χ2n) is 3.28. The fourth-order valence-electron chi connectivity index (χ4n) is 1.55. The monoisotopic (exact) mass is 222 g/mol. The molecule has 1 heterocycles. The third-order valence-corrected chi connectivity index (χ3v) is 2.53. The van der Waals surface area contributed by atoms with E-state index in [4.69, 9.17) is 11.6 Å². The zero-order chi connectivity index (χ0) is 10.8. The van der Waals surface area contributed by atoms with Crippen molar-refractivity contribution in [2.45, 2.75) is 13.5 Å². The van der Waals surface area contributed by atoms with Gasteiger partial charge >= 0.3 is 0 Å². The lowest BCUT2D eigenvalue weighted by molar-refractivity contribution is 0.281. The summed E-state index contributed by atoms with van der Waals surface area (Å²) in [5.41, 5.74) is 1.71. The molecule has 1 aromatic carbocycles. The van der Waals surface area contributed by atoms with Crippen LogP contribution in [0.25, 0.3) is 5.69 Å². The zero-order valence-electron chi connectivity index (χ0n) is 8.31. The Morgan fingerprint density at radius 2 is 2.27 bits per heavy atom. The SMILES string of the molecule is Cc1nccn1-c1ccc(Cl)cc1CO. The Labute approximate surface area is 93.0 Å². The molecule has 0 unspecified atom stereocenters. The molecule has 1 aromatic heterocycles. The van der Waals surface area contributed by atoms with Crippen LogP contribution in [-0.4, -0.2) is 14.7 Å². The molecule has 2 rings (SSSR count). The molecule has 0 bridgehead atoms. The molecule has 0 aliphatic carbocycles. The Kier molecular flexibility index (Phi) is 2.75. The van der Waals surface area contributed by atoms with Crippen LogP contribution in [0.15, 0.2) is 30.6 Å². The van der Waals surface area contributed by atoms with Gasteiger partial charge in [-0.05, 0) is 25.1 Å². The lowest BCUT2D eigenvalue weighted by Crippen LogP contribution is -2.00. The molecule has 0 atom stereocenters. The first-order valence-electron chi connectivity index (χ1n) is 4.62. The second-order valence-corrected chi connectivity index (χ2v) is 3.71. The maximum Gasteiger partial charge on any atom is 0.110 e. The average molecular weight is 223 g/mol. The van der Waals surface area contributed by atoms with Crippen molar-refractivity contribution in [1.82, 2.24) is 9.55 Å². The van der Waals surface area contributed by atoms with Crippen molar-refractivity contribution in [3.8, 4) is 5.69 Å². The maximum atomic E-state index is 9.24. The van der Waals surface area contributed by atoms with Crippen LogP contribution in [0.1, 0.15) is 11.4 Å². The molecule has 0 fully saturated rings. The van der Waals surface area contributed by atoms with Crippen molar-refractivity contribution in [1.29, 1.82) is 0 Å². The van der Waals surface area contributed by atoms with Crippen molar-refractivity contribution >= 4 is 11.6 Å². The van der Waals surface area contributed by atoms with E-state index in [9.17, 15) is 5.11 Å². The molecule has 0 aliphatic rings. The van der Waals surface area contributed by atoms with E-state index in [1.54, 1.807) is 18.3 Å². The molecule has 0 spiro atoms. The highest BCUT2D eigenvalue weighted by Gasteiger charge is 2.06. The van der Waals surface area contributed by atoms with E-state index in [2.05, 4.69) is 4.98 Å². The van der Waals surface area contributed by atoms with Gasteiger partial charge in [-0.3, -0.25) is 0 Å². The lowest BCUT2D eigenvalue weighted by atomic mass is 10.2. The van der Waals surface area contributed by atoms with Gasteiger partial charge in [0.25, 0.3) is 0 Å². The number of aromatic nitrogens is 2. The number of halogens is 1. The molecule has 0 radical (unpaired) electrons. The first-order valence-corrected chi connectivity index (χ1v) is 5.00. The summed E-state index contributed by atoms with van der Waals surface area (Å²) in [6.07, 6.45) is 3.59. The molecular weight excluding hydrogens is 212 g/mol. The zero-order valence-corrected chi connectivity index (χ0v) is 9.07. The van der Waals surface area contributed by atoms with Crippen LogP contribution in [0.4, 0.5) is 0 Å². The van der Waals surface area contributed by atoms with Gasteiger partial charge in [0.1, 0.15) is 5.82 Å². The van der Waals surface area contributed by atoms with Crippen molar-refractivity contribution < 1.29 is 5.11 Å². The molecule has 15 heavy (non-hydrogen) atoms. The van der Waals surface area contributed by atoms with Gasteiger partial charge in [-0.1, -0.05) is 11.6 Å². The van der Waals surface area contributed by atoms with Crippen LogP contribution in [0, 0.1) is 6.92 Å². The van der Waals surface area contributed by atoms with Crippen LogP contribution in [0.2, 0.25) is 5.02 Å². The Bertz CT molecular complexity index is 479. The number of hydrogen-bond donors (Lipinski definition) is 1. The summed E-state index contributed by atoms with van der Waals surface area (Å²) < 4.78 is 1.92. The normalized spacial score (nSPS) is 10.6. The number of hydrogen-bond acceptors (Lipinski definition) is 2. The highest BCUT2D eigenvalue weighted by molar-refractivity contribution is 6.30. The van der Waals surface area contributed by atoms with Gasteiger partial charge in [-0.15, -0.1) is 0 Å². The number of aryl methyl sites for hydroxylation is 1. The van der Waals surface area contributed by atoms with Gasteiger partial charge in [0.15, 0.2) is 0 Å². The Morgan fingerprint density at radius 1 is 1.47 bits per heavy atom. The lowest BCUT2D eigenvalue weighted by Gasteiger charge is -2.10. The summed E-state index contributed by atoms with van der Waals surface area (Å²) in [5.74, 6) is 0.882. The van der Waals surface area contributed by atoms with Crippen LogP contribution in [0.3, 0.4) is 0 Å². The summed E-state index contributed by atoms with van der Waals surface area (Å²) >= 11 is 5.86. The highest BCUT2D eigenvalue weighted by atomic mass is 35.5. The quantitative estimate of drug-likeness (QED) is 0.847. The van der Waals surface area contributed by atoms with E-state index < -0.39 is 0 Å². The minimum atomic E-state index is -0.0342. The Morgan fingerprint density at radius 3 is 2.87 bits per heavy atom. The molecule has 0 amide bonds. The Hall–Kier alpha value is -1.32. The number of aliphatic hydroxyl groups excluding tert-OH is 1. The van der Waals surface area contributed by atoms with Gasteiger partial charge in [0.05, 0.1) is 12.3 Å². The van der Waals surface area contributed by atoms with Gasteiger partial charge in [0, 0.05) is 23.0 Å². The van der Waals surface area contributed by atoms with Crippen LogP contribution >= 0.6 is 11.6 Å². The maximum absolute atomic E-state index is 9.24. The smallest absolute Gasteiger partial charge is 0.110 e. The third-order valence-electron chi connectivity index (χ3n) is 2.30. The third kappa shape index (κ3) is 1.89. The average Bonchev–Trinajstić information content (AvgIpc) is 2.64. The van der Waals surface area contributed by atoms with Gasteiger partial charge in [-0.25, -0.2) is 4.98 Å². The molecule has 3 nitrogen and oxygen atoms in total. The summed E-state index contributed by atoms with van der Waals surface area (Å²) in [4.78, 5) is 4.14. The number of nitrogens with zero attached hydrogens (tertiary/aromatic N) is 2. The van der Waals surface area contributed by atoms with E-state index in [1.807, 2.05) is 23.8 Å². The predicted octanol–water partition coefficient (Wildman–Crippen LogP) is 2.33. The predicted molar refractivity (Wildman–Crippen MR) is 59.2 cm³/mol.